The Bertz CT molecular complexity index is 735. The first-order valence-corrected chi connectivity index (χ1v) is 9.98. The fourth-order valence-electron chi connectivity index (χ4n) is 2.48. The Kier molecular flexibility index (Phi) is 6.19. The molecule has 0 aliphatic carbocycles. The summed E-state index contributed by atoms with van der Waals surface area (Å²) in [6, 6.07) is 17.9. The maximum absolute atomic E-state index is 12.3. The van der Waals surface area contributed by atoms with Crippen molar-refractivity contribution in [1.29, 1.82) is 0 Å². The van der Waals surface area contributed by atoms with Crippen molar-refractivity contribution in [2.75, 3.05) is 6.54 Å². The second-order valence-electron chi connectivity index (χ2n) is 7.22. The maximum atomic E-state index is 12.3. The molecule has 0 aromatic heterocycles. The Hall–Kier alpha value is -1.65. The van der Waals surface area contributed by atoms with Gasteiger partial charge < -0.3 is 0 Å². The van der Waals surface area contributed by atoms with Crippen molar-refractivity contribution in [3.8, 4) is 0 Å². The zero-order valence-electron chi connectivity index (χ0n) is 14.7. The van der Waals surface area contributed by atoms with Crippen LogP contribution < -0.4 is 4.72 Å². The van der Waals surface area contributed by atoms with Crippen LogP contribution in [0.25, 0.3) is 0 Å². The molecule has 2 aromatic carbocycles. The monoisotopic (exact) mass is 345 g/mol. The van der Waals surface area contributed by atoms with Gasteiger partial charge in [-0.05, 0) is 36.3 Å². The van der Waals surface area contributed by atoms with Crippen molar-refractivity contribution >= 4 is 10.0 Å². The van der Waals surface area contributed by atoms with Crippen LogP contribution in [0.5, 0.6) is 0 Å². The molecule has 0 amide bonds. The third-order valence-corrected chi connectivity index (χ3v) is 5.48. The topological polar surface area (TPSA) is 46.2 Å². The fourth-order valence-corrected chi connectivity index (χ4v) is 3.82. The molecule has 1 N–H and O–H groups in total. The highest BCUT2D eigenvalue weighted by Gasteiger charge is 2.21. The quantitative estimate of drug-likeness (QED) is 0.784. The summed E-state index contributed by atoms with van der Waals surface area (Å²) in [5.41, 5.74) is 3.14. The fraction of sp³-hybridized carbons (Fsp3) is 0.400. The second kappa shape index (κ2) is 7.95. The van der Waals surface area contributed by atoms with Gasteiger partial charge in [0.1, 0.15) is 0 Å². The second-order valence-corrected chi connectivity index (χ2v) is 9.02. The number of sulfonamides is 1. The van der Waals surface area contributed by atoms with E-state index in [0.29, 0.717) is 6.54 Å². The predicted octanol–water partition coefficient (Wildman–Crippen LogP) is 4.07. The number of nitrogens with one attached hydrogen (secondary N) is 1. The van der Waals surface area contributed by atoms with Gasteiger partial charge in [0.05, 0.1) is 5.75 Å². The third kappa shape index (κ3) is 6.46. The zero-order valence-corrected chi connectivity index (χ0v) is 15.6. The predicted molar refractivity (Wildman–Crippen MR) is 100 cm³/mol. The standard InChI is InChI=1S/C20H27NO2S/c1-17-9-11-19(12-10-17)15-24(22,23)21-16-20(2,3)14-13-18-7-5-4-6-8-18/h4-12,21H,13-16H2,1-3H3. The van der Waals surface area contributed by atoms with Crippen molar-refractivity contribution in [2.45, 2.75) is 39.4 Å². The van der Waals surface area contributed by atoms with E-state index in [1.807, 2.05) is 49.4 Å². The van der Waals surface area contributed by atoms with E-state index in [4.69, 9.17) is 0 Å². The lowest BCUT2D eigenvalue weighted by Crippen LogP contribution is -2.35. The SMILES string of the molecule is Cc1ccc(CS(=O)(=O)NCC(C)(C)CCc2ccccc2)cc1. The molecule has 0 bridgehead atoms. The maximum Gasteiger partial charge on any atom is 0.215 e. The minimum absolute atomic E-state index is 0.0298. The minimum atomic E-state index is -3.31. The van der Waals surface area contributed by atoms with Crippen LogP contribution in [-0.2, 0) is 22.2 Å². The molecule has 4 heteroatoms. The average Bonchev–Trinajstić information content (AvgIpc) is 2.55. The Labute approximate surface area is 146 Å². The van der Waals surface area contributed by atoms with Crippen LogP contribution in [0.3, 0.4) is 0 Å². The van der Waals surface area contributed by atoms with E-state index < -0.39 is 10.0 Å². The lowest BCUT2D eigenvalue weighted by Gasteiger charge is -2.25. The van der Waals surface area contributed by atoms with Gasteiger partial charge in [-0.25, -0.2) is 13.1 Å². The summed E-state index contributed by atoms with van der Waals surface area (Å²) in [7, 11) is -3.31. The molecule has 0 spiro atoms. The Morgan fingerprint density at radius 2 is 1.54 bits per heavy atom. The molecule has 0 aliphatic heterocycles. The van der Waals surface area contributed by atoms with Crippen LogP contribution in [0.15, 0.2) is 54.6 Å². The van der Waals surface area contributed by atoms with E-state index in [2.05, 4.69) is 30.7 Å². The summed E-state index contributed by atoms with van der Waals surface area (Å²) in [6.07, 6.45) is 1.89. The molecular weight excluding hydrogens is 318 g/mol. The van der Waals surface area contributed by atoms with E-state index in [-0.39, 0.29) is 11.2 Å². The normalized spacial score (nSPS) is 12.3. The number of hydrogen-bond acceptors (Lipinski definition) is 2. The molecule has 2 aromatic rings. The smallest absolute Gasteiger partial charge is 0.214 e. The van der Waals surface area contributed by atoms with E-state index in [9.17, 15) is 8.42 Å². The van der Waals surface area contributed by atoms with E-state index in [1.165, 1.54) is 5.56 Å². The summed E-state index contributed by atoms with van der Waals surface area (Å²) < 4.78 is 27.4. The number of rotatable bonds is 8. The van der Waals surface area contributed by atoms with Crippen molar-refractivity contribution in [2.24, 2.45) is 5.41 Å². The summed E-state index contributed by atoms with van der Waals surface area (Å²) in [6.45, 7) is 6.65. The first-order chi connectivity index (χ1) is 11.3. The molecule has 0 unspecified atom stereocenters. The van der Waals surface area contributed by atoms with Gasteiger partial charge in [-0.3, -0.25) is 0 Å². The van der Waals surface area contributed by atoms with E-state index >= 15 is 0 Å². The van der Waals surface area contributed by atoms with Crippen LogP contribution in [-0.4, -0.2) is 15.0 Å². The average molecular weight is 346 g/mol. The summed E-state index contributed by atoms with van der Waals surface area (Å²) >= 11 is 0. The molecule has 130 valence electrons. The molecule has 0 atom stereocenters. The van der Waals surface area contributed by atoms with Gasteiger partial charge in [-0.2, -0.15) is 0 Å². The molecular formula is C20H27NO2S. The Morgan fingerprint density at radius 1 is 0.917 bits per heavy atom. The Morgan fingerprint density at radius 3 is 2.17 bits per heavy atom. The summed E-state index contributed by atoms with van der Waals surface area (Å²) in [4.78, 5) is 0. The number of hydrogen-bond donors (Lipinski definition) is 1. The van der Waals surface area contributed by atoms with Gasteiger partial charge in [0.25, 0.3) is 0 Å². The molecule has 0 saturated carbocycles. The Balaban J connectivity index is 1.86. The summed E-state index contributed by atoms with van der Waals surface area (Å²) in [5.74, 6) is 0.0298. The van der Waals surface area contributed by atoms with Crippen LogP contribution in [0, 0.1) is 12.3 Å². The largest absolute Gasteiger partial charge is 0.215 e. The van der Waals surface area contributed by atoms with Crippen LogP contribution >= 0.6 is 0 Å². The van der Waals surface area contributed by atoms with Gasteiger partial charge in [0.15, 0.2) is 0 Å². The summed E-state index contributed by atoms with van der Waals surface area (Å²) in [5, 5.41) is 0. The van der Waals surface area contributed by atoms with Crippen molar-refractivity contribution in [1.82, 2.24) is 4.72 Å². The van der Waals surface area contributed by atoms with E-state index in [0.717, 1.165) is 24.0 Å². The highest BCUT2D eigenvalue weighted by Crippen LogP contribution is 2.22. The van der Waals surface area contributed by atoms with Crippen molar-refractivity contribution < 1.29 is 8.42 Å². The van der Waals surface area contributed by atoms with Gasteiger partial charge in [-0.15, -0.1) is 0 Å². The van der Waals surface area contributed by atoms with Crippen molar-refractivity contribution in [3.63, 3.8) is 0 Å². The highest BCUT2D eigenvalue weighted by molar-refractivity contribution is 7.88. The van der Waals surface area contributed by atoms with Crippen LogP contribution in [0.4, 0.5) is 0 Å². The van der Waals surface area contributed by atoms with Gasteiger partial charge in [0.2, 0.25) is 10.0 Å². The highest BCUT2D eigenvalue weighted by atomic mass is 32.2. The first kappa shape index (κ1) is 18.7. The lowest BCUT2D eigenvalue weighted by molar-refractivity contribution is 0.334. The van der Waals surface area contributed by atoms with Crippen LogP contribution in [0.1, 0.15) is 37.0 Å². The molecule has 0 heterocycles. The zero-order chi connectivity index (χ0) is 17.6. The molecule has 0 radical (unpaired) electrons. The minimum Gasteiger partial charge on any atom is -0.214 e. The van der Waals surface area contributed by atoms with E-state index in [1.54, 1.807) is 0 Å². The number of aryl methyl sites for hydroxylation is 2. The molecule has 2 rings (SSSR count). The van der Waals surface area contributed by atoms with Gasteiger partial charge >= 0.3 is 0 Å². The molecule has 0 aliphatic rings. The van der Waals surface area contributed by atoms with Gasteiger partial charge in [0, 0.05) is 6.54 Å². The third-order valence-electron chi connectivity index (χ3n) is 4.18. The molecule has 0 saturated heterocycles. The first-order valence-electron chi connectivity index (χ1n) is 8.33. The number of benzene rings is 2. The van der Waals surface area contributed by atoms with Crippen molar-refractivity contribution in [3.05, 3.63) is 71.3 Å². The molecule has 0 fully saturated rings. The lowest BCUT2D eigenvalue weighted by atomic mass is 9.86. The van der Waals surface area contributed by atoms with Crippen LogP contribution in [0.2, 0.25) is 0 Å². The molecule has 24 heavy (non-hydrogen) atoms. The van der Waals surface area contributed by atoms with Gasteiger partial charge in [-0.1, -0.05) is 74.0 Å². The molecule has 3 nitrogen and oxygen atoms in total.